The summed E-state index contributed by atoms with van der Waals surface area (Å²) in [7, 11) is 0. The van der Waals surface area contributed by atoms with Crippen molar-refractivity contribution in [2.45, 2.75) is 57.3 Å². The van der Waals surface area contributed by atoms with Gasteiger partial charge in [0.1, 0.15) is 23.9 Å². The Morgan fingerprint density at radius 2 is 1.33 bits per heavy atom. The van der Waals surface area contributed by atoms with Crippen LogP contribution in [0.2, 0.25) is 0 Å². The standard InChI is InChI=1S/C27H35N5O7/c1-15(2)23(26(37)31-21(27(38)39)13-16-6-4-3-5-7-16)32-25(36)20(14-22(29)34)30-24(35)19(28)12-17-8-10-18(33)11-9-17/h3-11,15,19-21,23,33H,12-14,28H2,1-2H3,(H2,29,34)(H,30,35)(H,31,37)(H,32,36)(H,38,39). The predicted molar refractivity (Wildman–Crippen MR) is 142 cm³/mol. The Morgan fingerprint density at radius 1 is 0.769 bits per heavy atom. The van der Waals surface area contributed by atoms with Crippen molar-refractivity contribution in [3.8, 4) is 5.75 Å². The molecule has 0 saturated heterocycles. The van der Waals surface area contributed by atoms with Gasteiger partial charge >= 0.3 is 5.97 Å². The Morgan fingerprint density at radius 3 is 1.87 bits per heavy atom. The topological polar surface area (TPSA) is 214 Å². The van der Waals surface area contributed by atoms with E-state index < -0.39 is 66.1 Å². The molecule has 210 valence electrons. The van der Waals surface area contributed by atoms with Crippen LogP contribution in [0.5, 0.6) is 5.75 Å². The molecular formula is C27H35N5O7. The molecule has 4 unspecified atom stereocenters. The van der Waals surface area contributed by atoms with Crippen molar-refractivity contribution in [1.29, 1.82) is 0 Å². The number of primary amides is 1. The molecule has 0 radical (unpaired) electrons. The second-order valence-electron chi connectivity index (χ2n) is 9.53. The number of carbonyl (C=O) groups excluding carboxylic acids is 4. The van der Waals surface area contributed by atoms with Gasteiger partial charge in [-0.1, -0.05) is 56.3 Å². The average Bonchev–Trinajstić information content (AvgIpc) is 2.87. The van der Waals surface area contributed by atoms with Gasteiger partial charge in [-0.15, -0.1) is 0 Å². The molecule has 2 rings (SSSR count). The summed E-state index contributed by atoms with van der Waals surface area (Å²) in [6.07, 6.45) is -0.437. The van der Waals surface area contributed by atoms with Crippen LogP contribution < -0.4 is 27.4 Å². The molecule has 4 amide bonds. The number of hydrogen-bond acceptors (Lipinski definition) is 7. The van der Waals surface area contributed by atoms with Crippen LogP contribution in [-0.4, -0.2) is 64.0 Å². The van der Waals surface area contributed by atoms with Crippen LogP contribution in [0.3, 0.4) is 0 Å². The third kappa shape index (κ3) is 10.1. The van der Waals surface area contributed by atoms with Gasteiger partial charge in [-0.3, -0.25) is 19.2 Å². The summed E-state index contributed by atoms with van der Waals surface area (Å²) in [5.74, 6) is -4.87. The highest BCUT2D eigenvalue weighted by Crippen LogP contribution is 2.11. The van der Waals surface area contributed by atoms with Gasteiger partial charge in [0.15, 0.2) is 0 Å². The predicted octanol–water partition coefficient (Wildman–Crippen LogP) is -0.425. The van der Waals surface area contributed by atoms with Gasteiger partial charge in [-0.05, 0) is 35.6 Å². The largest absolute Gasteiger partial charge is 0.508 e. The molecule has 0 bridgehead atoms. The zero-order valence-corrected chi connectivity index (χ0v) is 21.8. The number of carboxylic acids is 1. The van der Waals surface area contributed by atoms with Crippen LogP contribution in [0, 0.1) is 5.92 Å². The van der Waals surface area contributed by atoms with Gasteiger partial charge in [0.2, 0.25) is 23.6 Å². The molecule has 0 aliphatic heterocycles. The number of phenols is 1. The Hall–Kier alpha value is -4.45. The van der Waals surface area contributed by atoms with E-state index in [2.05, 4.69) is 16.0 Å². The van der Waals surface area contributed by atoms with Crippen molar-refractivity contribution in [3.63, 3.8) is 0 Å². The Kier molecular flexibility index (Phi) is 11.4. The number of aromatic hydroxyl groups is 1. The molecule has 9 N–H and O–H groups in total. The molecule has 2 aromatic carbocycles. The maximum atomic E-state index is 13.1. The first-order chi connectivity index (χ1) is 18.4. The van der Waals surface area contributed by atoms with Crippen molar-refractivity contribution in [2.24, 2.45) is 17.4 Å². The molecule has 0 fully saturated rings. The molecule has 12 heteroatoms. The monoisotopic (exact) mass is 541 g/mol. The fourth-order valence-electron chi connectivity index (χ4n) is 3.77. The van der Waals surface area contributed by atoms with Crippen molar-refractivity contribution in [2.75, 3.05) is 0 Å². The highest BCUT2D eigenvalue weighted by Gasteiger charge is 2.32. The van der Waals surface area contributed by atoms with Crippen LogP contribution >= 0.6 is 0 Å². The number of rotatable bonds is 14. The summed E-state index contributed by atoms with van der Waals surface area (Å²) in [4.78, 5) is 62.2. The Bertz CT molecular complexity index is 1150. The smallest absolute Gasteiger partial charge is 0.326 e. The highest BCUT2D eigenvalue weighted by molar-refractivity contribution is 5.96. The molecule has 0 aliphatic carbocycles. The molecule has 4 atom stereocenters. The number of aliphatic carboxylic acids is 1. The maximum absolute atomic E-state index is 13.1. The number of benzene rings is 2. The van der Waals surface area contributed by atoms with E-state index in [9.17, 15) is 34.2 Å². The fraction of sp³-hybridized carbons (Fsp3) is 0.370. The molecule has 0 aromatic heterocycles. The lowest BCUT2D eigenvalue weighted by atomic mass is 10.0. The van der Waals surface area contributed by atoms with E-state index in [1.807, 2.05) is 0 Å². The summed E-state index contributed by atoms with van der Waals surface area (Å²) >= 11 is 0. The lowest BCUT2D eigenvalue weighted by molar-refractivity contribution is -0.142. The summed E-state index contributed by atoms with van der Waals surface area (Å²) in [5, 5.41) is 26.4. The highest BCUT2D eigenvalue weighted by atomic mass is 16.4. The first-order valence-electron chi connectivity index (χ1n) is 12.4. The molecule has 2 aromatic rings. The molecule has 0 aliphatic rings. The first kappa shape index (κ1) is 30.8. The minimum atomic E-state index is -1.42. The number of carbonyl (C=O) groups is 5. The van der Waals surface area contributed by atoms with Gasteiger partial charge in [0.25, 0.3) is 0 Å². The van der Waals surface area contributed by atoms with E-state index >= 15 is 0 Å². The zero-order valence-electron chi connectivity index (χ0n) is 21.8. The third-order valence-corrected chi connectivity index (χ3v) is 5.91. The lowest BCUT2D eigenvalue weighted by Crippen LogP contribution is -2.59. The zero-order chi connectivity index (χ0) is 29.1. The molecule has 39 heavy (non-hydrogen) atoms. The van der Waals surface area contributed by atoms with Crippen molar-refractivity contribution in [1.82, 2.24) is 16.0 Å². The first-order valence-corrected chi connectivity index (χ1v) is 12.4. The van der Waals surface area contributed by atoms with Crippen molar-refractivity contribution < 1.29 is 34.2 Å². The Balaban J connectivity index is 2.10. The average molecular weight is 542 g/mol. The van der Waals surface area contributed by atoms with E-state index in [0.29, 0.717) is 11.1 Å². The number of amides is 4. The molecule has 0 saturated carbocycles. The van der Waals surface area contributed by atoms with E-state index in [1.165, 1.54) is 12.1 Å². The second-order valence-corrected chi connectivity index (χ2v) is 9.53. The minimum Gasteiger partial charge on any atom is -0.508 e. The van der Waals surface area contributed by atoms with Gasteiger partial charge in [0, 0.05) is 6.42 Å². The van der Waals surface area contributed by atoms with E-state index in [4.69, 9.17) is 11.5 Å². The molecule has 12 nitrogen and oxygen atoms in total. The fourth-order valence-corrected chi connectivity index (χ4v) is 3.77. The van der Waals surface area contributed by atoms with Crippen LogP contribution in [0.25, 0.3) is 0 Å². The summed E-state index contributed by atoms with van der Waals surface area (Å²) in [6.45, 7) is 3.29. The van der Waals surface area contributed by atoms with Crippen LogP contribution in [0.1, 0.15) is 31.4 Å². The van der Waals surface area contributed by atoms with E-state index in [-0.39, 0.29) is 18.6 Å². The van der Waals surface area contributed by atoms with Crippen LogP contribution in [0.4, 0.5) is 0 Å². The summed E-state index contributed by atoms with van der Waals surface area (Å²) in [5.41, 5.74) is 12.6. The quantitative estimate of drug-likeness (QED) is 0.166. The number of carboxylic acid groups (broad SMARTS) is 1. The van der Waals surface area contributed by atoms with Gasteiger partial charge in [-0.25, -0.2) is 4.79 Å². The summed E-state index contributed by atoms with van der Waals surface area (Å²) in [6, 6.07) is 9.85. The SMILES string of the molecule is CC(C)C(NC(=O)C(CC(N)=O)NC(=O)C(N)Cc1ccc(O)cc1)C(=O)NC(Cc1ccccc1)C(=O)O. The number of hydrogen-bond donors (Lipinski definition) is 7. The van der Waals surface area contributed by atoms with E-state index in [1.54, 1.807) is 56.3 Å². The number of phenolic OH excluding ortho intramolecular Hbond substituents is 1. The molecule has 0 heterocycles. The van der Waals surface area contributed by atoms with Gasteiger partial charge in [0.05, 0.1) is 12.5 Å². The van der Waals surface area contributed by atoms with Gasteiger partial charge in [-0.2, -0.15) is 0 Å². The molecule has 0 spiro atoms. The molecular weight excluding hydrogens is 506 g/mol. The normalized spacial score (nSPS) is 13.9. The maximum Gasteiger partial charge on any atom is 0.326 e. The number of nitrogens with one attached hydrogen (secondary N) is 3. The third-order valence-electron chi connectivity index (χ3n) is 5.91. The van der Waals surface area contributed by atoms with Crippen molar-refractivity contribution >= 4 is 29.6 Å². The minimum absolute atomic E-state index is 0.0277. The van der Waals surface area contributed by atoms with Gasteiger partial charge < -0.3 is 37.6 Å². The van der Waals surface area contributed by atoms with E-state index in [0.717, 1.165) is 0 Å². The lowest BCUT2D eigenvalue weighted by Gasteiger charge is -2.27. The second kappa shape index (κ2) is 14.5. The number of nitrogens with two attached hydrogens (primary N) is 2. The van der Waals surface area contributed by atoms with Crippen LogP contribution in [0.15, 0.2) is 54.6 Å². The Labute approximate surface area is 226 Å². The van der Waals surface area contributed by atoms with Crippen LogP contribution in [-0.2, 0) is 36.8 Å². The van der Waals surface area contributed by atoms with Crippen molar-refractivity contribution in [3.05, 3.63) is 65.7 Å². The summed E-state index contributed by atoms with van der Waals surface area (Å²) < 4.78 is 0.